The molecule has 0 saturated heterocycles. The van der Waals surface area contributed by atoms with Gasteiger partial charge in [-0.3, -0.25) is 9.59 Å². The first-order valence-electron chi connectivity index (χ1n) is 9.37. The van der Waals surface area contributed by atoms with Crippen molar-refractivity contribution in [2.45, 2.75) is 20.5 Å². The smallest absolute Gasteiger partial charge is 0.338 e. The lowest BCUT2D eigenvalue weighted by molar-refractivity contribution is 0.0472. The van der Waals surface area contributed by atoms with Crippen LogP contribution in [-0.2, 0) is 11.3 Å². The molecule has 4 rings (SSSR count). The van der Waals surface area contributed by atoms with Crippen molar-refractivity contribution >= 4 is 23.5 Å². The molecule has 6 heteroatoms. The summed E-state index contributed by atoms with van der Waals surface area (Å²) in [5, 5.41) is 0. The Balaban J connectivity index is 1.57. The molecule has 150 valence electrons. The Morgan fingerprint density at radius 1 is 0.900 bits per heavy atom. The second-order valence-electron chi connectivity index (χ2n) is 7.20. The van der Waals surface area contributed by atoms with E-state index < -0.39 is 17.8 Å². The van der Waals surface area contributed by atoms with Gasteiger partial charge < -0.3 is 4.74 Å². The van der Waals surface area contributed by atoms with Crippen LogP contribution in [0.2, 0.25) is 0 Å². The fraction of sp³-hybridized carbons (Fsp3) is 0.125. The van der Waals surface area contributed by atoms with Crippen LogP contribution in [0, 0.1) is 19.7 Å². The molecule has 0 aromatic heterocycles. The van der Waals surface area contributed by atoms with Crippen molar-refractivity contribution in [3.8, 4) is 0 Å². The Kier molecular flexibility index (Phi) is 4.91. The molecular formula is C24H18FNO4. The number of esters is 1. The summed E-state index contributed by atoms with van der Waals surface area (Å²) < 4.78 is 18.2. The molecule has 0 N–H and O–H groups in total. The first-order chi connectivity index (χ1) is 14.3. The van der Waals surface area contributed by atoms with Crippen LogP contribution in [0.3, 0.4) is 0 Å². The van der Waals surface area contributed by atoms with Crippen LogP contribution in [0.25, 0.3) is 0 Å². The number of hydrogen-bond acceptors (Lipinski definition) is 4. The lowest BCUT2D eigenvalue weighted by atomic mass is 10.1. The molecule has 5 nitrogen and oxygen atoms in total. The number of amides is 2. The quantitative estimate of drug-likeness (QED) is 0.472. The number of hydrogen-bond donors (Lipinski definition) is 0. The molecule has 1 aliphatic heterocycles. The second-order valence-corrected chi connectivity index (χ2v) is 7.20. The summed E-state index contributed by atoms with van der Waals surface area (Å²) in [6.07, 6.45) is 0. The van der Waals surface area contributed by atoms with Crippen LogP contribution in [0.4, 0.5) is 10.1 Å². The van der Waals surface area contributed by atoms with E-state index in [1.165, 1.54) is 42.5 Å². The fourth-order valence-corrected chi connectivity index (χ4v) is 3.36. The number of anilines is 1. The van der Waals surface area contributed by atoms with E-state index in [-0.39, 0.29) is 29.1 Å². The summed E-state index contributed by atoms with van der Waals surface area (Å²) in [6, 6.07) is 15.5. The Bertz CT molecular complexity index is 1180. The van der Waals surface area contributed by atoms with E-state index in [0.29, 0.717) is 11.3 Å². The molecule has 30 heavy (non-hydrogen) atoms. The first kappa shape index (κ1) is 19.5. The van der Waals surface area contributed by atoms with Gasteiger partial charge in [0.05, 0.1) is 22.4 Å². The van der Waals surface area contributed by atoms with Crippen molar-refractivity contribution in [3.05, 3.63) is 99.9 Å². The molecule has 0 fully saturated rings. The predicted molar refractivity (Wildman–Crippen MR) is 109 cm³/mol. The van der Waals surface area contributed by atoms with Gasteiger partial charge in [0.2, 0.25) is 0 Å². The zero-order valence-corrected chi connectivity index (χ0v) is 16.4. The van der Waals surface area contributed by atoms with E-state index >= 15 is 0 Å². The Morgan fingerprint density at radius 2 is 1.60 bits per heavy atom. The minimum atomic E-state index is -0.632. The molecule has 0 unspecified atom stereocenters. The van der Waals surface area contributed by atoms with Gasteiger partial charge in [-0.15, -0.1) is 0 Å². The van der Waals surface area contributed by atoms with Crippen molar-refractivity contribution in [2.75, 3.05) is 4.90 Å². The number of carbonyl (C=O) groups excluding carboxylic acids is 3. The summed E-state index contributed by atoms with van der Waals surface area (Å²) in [7, 11) is 0. The van der Waals surface area contributed by atoms with Crippen LogP contribution >= 0.6 is 0 Å². The molecule has 0 saturated carbocycles. The predicted octanol–water partition coefficient (Wildman–Crippen LogP) is 4.60. The number of halogens is 1. The van der Waals surface area contributed by atoms with E-state index in [0.717, 1.165) is 16.0 Å². The fourth-order valence-electron chi connectivity index (χ4n) is 3.36. The molecular weight excluding hydrogens is 385 g/mol. The molecule has 0 aliphatic carbocycles. The maximum atomic E-state index is 13.0. The molecule has 0 atom stereocenters. The average molecular weight is 403 g/mol. The van der Waals surface area contributed by atoms with Gasteiger partial charge in [0, 0.05) is 0 Å². The number of fused-ring (bicyclic) bond motifs is 1. The molecule has 3 aromatic rings. The van der Waals surface area contributed by atoms with Gasteiger partial charge in [-0.2, -0.15) is 0 Å². The van der Waals surface area contributed by atoms with E-state index in [9.17, 15) is 18.8 Å². The van der Waals surface area contributed by atoms with E-state index in [1.807, 2.05) is 26.0 Å². The lowest BCUT2D eigenvalue weighted by Gasteiger charge is -2.17. The molecule has 2 amide bonds. The van der Waals surface area contributed by atoms with Gasteiger partial charge in [-0.25, -0.2) is 14.1 Å². The highest BCUT2D eigenvalue weighted by atomic mass is 19.1. The number of nitrogens with zero attached hydrogens (tertiary/aromatic N) is 1. The third-order valence-electron chi connectivity index (χ3n) is 5.01. The van der Waals surface area contributed by atoms with Crippen LogP contribution in [0.5, 0.6) is 0 Å². The van der Waals surface area contributed by atoms with Crippen molar-refractivity contribution in [3.63, 3.8) is 0 Å². The highest BCUT2D eigenvalue weighted by Crippen LogP contribution is 2.32. The van der Waals surface area contributed by atoms with Crippen LogP contribution in [-0.4, -0.2) is 17.8 Å². The third-order valence-corrected chi connectivity index (χ3v) is 5.01. The monoisotopic (exact) mass is 403 g/mol. The first-order valence-corrected chi connectivity index (χ1v) is 9.37. The number of carbonyl (C=O) groups is 3. The molecule has 0 radical (unpaired) electrons. The van der Waals surface area contributed by atoms with Gasteiger partial charge in [0.15, 0.2) is 0 Å². The third kappa shape index (κ3) is 3.48. The Hall–Kier alpha value is -3.80. The number of ether oxygens (including phenoxy) is 1. The lowest BCUT2D eigenvalue weighted by Crippen LogP contribution is -2.30. The second kappa shape index (κ2) is 7.55. The largest absolute Gasteiger partial charge is 0.457 e. The van der Waals surface area contributed by atoms with Gasteiger partial charge in [0.25, 0.3) is 11.8 Å². The summed E-state index contributed by atoms with van der Waals surface area (Å²) in [5.74, 6) is -1.90. The molecule has 0 bridgehead atoms. The van der Waals surface area contributed by atoms with Crippen LogP contribution in [0.15, 0.2) is 60.7 Å². The minimum Gasteiger partial charge on any atom is -0.457 e. The number of benzene rings is 3. The van der Waals surface area contributed by atoms with Gasteiger partial charge in [0.1, 0.15) is 12.4 Å². The Morgan fingerprint density at radius 3 is 2.33 bits per heavy atom. The number of rotatable bonds is 4. The zero-order chi connectivity index (χ0) is 21.4. The molecule has 3 aromatic carbocycles. The van der Waals surface area contributed by atoms with Gasteiger partial charge in [-0.05, 0) is 66.9 Å². The van der Waals surface area contributed by atoms with Crippen molar-refractivity contribution in [2.24, 2.45) is 0 Å². The number of aryl methyl sites for hydroxylation is 2. The SMILES string of the molecule is Cc1ccc(C)c(N2C(=O)c3ccc(C(=O)OCc4ccc(F)cc4)cc3C2=O)c1. The molecule has 1 aliphatic rings. The van der Waals surface area contributed by atoms with E-state index in [2.05, 4.69) is 0 Å². The van der Waals surface area contributed by atoms with Crippen LogP contribution in [0.1, 0.15) is 47.8 Å². The highest BCUT2D eigenvalue weighted by molar-refractivity contribution is 6.35. The zero-order valence-electron chi connectivity index (χ0n) is 16.4. The summed E-state index contributed by atoms with van der Waals surface area (Å²) in [6.45, 7) is 3.69. The topological polar surface area (TPSA) is 63.7 Å². The van der Waals surface area contributed by atoms with Crippen LogP contribution < -0.4 is 4.90 Å². The summed E-state index contributed by atoms with van der Waals surface area (Å²) >= 11 is 0. The van der Waals surface area contributed by atoms with Gasteiger partial charge >= 0.3 is 5.97 Å². The van der Waals surface area contributed by atoms with Gasteiger partial charge in [-0.1, -0.05) is 24.3 Å². The Labute approximate surface area is 172 Å². The normalized spacial score (nSPS) is 12.8. The summed E-state index contributed by atoms with van der Waals surface area (Å²) in [4.78, 5) is 39.4. The van der Waals surface area contributed by atoms with Crippen molar-refractivity contribution in [1.82, 2.24) is 0 Å². The maximum Gasteiger partial charge on any atom is 0.338 e. The summed E-state index contributed by atoms with van der Waals surface area (Å²) in [5.41, 5.74) is 3.47. The van der Waals surface area contributed by atoms with Crippen molar-refractivity contribution in [1.29, 1.82) is 0 Å². The van der Waals surface area contributed by atoms with Crippen molar-refractivity contribution < 1.29 is 23.5 Å². The minimum absolute atomic E-state index is 0.0301. The standard InChI is InChI=1S/C24H18FNO4/c1-14-3-4-15(2)21(11-14)26-22(27)19-10-7-17(12-20(19)23(26)28)24(29)30-13-16-5-8-18(25)9-6-16/h3-12H,13H2,1-2H3. The maximum absolute atomic E-state index is 13.0. The average Bonchev–Trinajstić information content (AvgIpc) is 2.99. The highest BCUT2D eigenvalue weighted by Gasteiger charge is 2.38. The molecule has 0 spiro atoms. The van der Waals surface area contributed by atoms with E-state index in [4.69, 9.17) is 4.74 Å². The van der Waals surface area contributed by atoms with E-state index in [1.54, 1.807) is 6.07 Å². The molecule has 1 heterocycles. The number of imide groups is 1.